The lowest BCUT2D eigenvalue weighted by molar-refractivity contribution is -0.0911. The van der Waals surface area contributed by atoms with Gasteiger partial charge in [0.05, 0.1) is 6.21 Å². The fraction of sp³-hybridized carbons (Fsp3) is 0.0833. The highest BCUT2D eigenvalue weighted by atomic mass is 35.5. The SMILES string of the molecule is Cc1cc2c(Cl)cccc2cc1/C=N\N(N)O. The van der Waals surface area contributed by atoms with E-state index in [4.69, 9.17) is 22.7 Å². The van der Waals surface area contributed by atoms with Gasteiger partial charge in [-0.05, 0) is 41.6 Å². The van der Waals surface area contributed by atoms with Crippen LogP contribution in [0.15, 0.2) is 35.4 Å². The maximum Gasteiger partial charge on any atom is 0.0587 e. The molecule has 0 saturated heterocycles. The summed E-state index contributed by atoms with van der Waals surface area (Å²) in [5.74, 6) is 5.00. The van der Waals surface area contributed by atoms with E-state index in [1.165, 1.54) is 6.21 Å². The van der Waals surface area contributed by atoms with Crippen LogP contribution in [0.4, 0.5) is 0 Å². The Morgan fingerprint density at radius 3 is 2.88 bits per heavy atom. The monoisotopic (exact) mass is 249 g/mol. The Labute approximate surface area is 104 Å². The van der Waals surface area contributed by atoms with Crippen molar-refractivity contribution in [2.75, 3.05) is 0 Å². The van der Waals surface area contributed by atoms with E-state index in [0.29, 0.717) is 0 Å². The van der Waals surface area contributed by atoms with E-state index in [2.05, 4.69) is 5.10 Å². The Morgan fingerprint density at radius 1 is 1.41 bits per heavy atom. The van der Waals surface area contributed by atoms with Crippen LogP contribution in [0, 0.1) is 6.92 Å². The Balaban J connectivity index is 2.56. The van der Waals surface area contributed by atoms with Gasteiger partial charge >= 0.3 is 0 Å². The van der Waals surface area contributed by atoms with Gasteiger partial charge in [-0.1, -0.05) is 23.7 Å². The van der Waals surface area contributed by atoms with Crippen LogP contribution in [-0.2, 0) is 0 Å². The number of nitrogens with zero attached hydrogens (tertiary/aromatic N) is 2. The van der Waals surface area contributed by atoms with Gasteiger partial charge in [0.15, 0.2) is 0 Å². The molecule has 0 aliphatic carbocycles. The molecule has 0 aliphatic heterocycles. The number of rotatable bonds is 2. The van der Waals surface area contributed by atoms with Crippen molar-refractivity contribution in [3.8, 4) is 0 Å². The normalized spacial score (nSPS) is 11.3. The first-order chi connectivity index (χ1) is 8.08. The fourth-order valence-corrected chi connectivity index (χ4v) is 1.91. The molecule has 0 unspecified atom stereocenters. The predicted molar refractivity (Wildman–Crippen MR) is 69.1 cm³/mol. The first-order valence-corrected chi connectivity index (χ1v) is 5.42. The minimum atomic E-state index is 0.279. The molecule has 0 radical (unpaired) electrons. The summed E-state index contributed by atoms with van der Waals surface area (Å²) in [5.41, 5.74) is 1.89. The number of benzene rings is 2. The second-order valence-corrected chi connectivity index (χ2v) is 4.14. The van der Waals surface area contributed by atoms with Crippen molar-refractivity contribution in [1.29, 1.82) is 0 Å². The number of hydrazone groups is 1. The van der Waals surface area contributed by atoms with E-state index < -0.39 is 0 Å². The molecule has 0 bridgehead atoms. The number of nitrogens with two attached hydrogens (primary N) is 1. The van der Waals surface area contributed by atoms with Crippen LogP contribution in [-0.4, -0.2) is 16.7 Å². The third-order valence-electron chi connectivity index (χ3n) is 2.53. The minimum Gasteiger partial charge on any atom is -0.257 e. The summed E-state index contributed by atoms with van der Waals surface area (Å²) < 4.78 is 0. The molecule has 0 spiro atoms. The van der Waals surface area contributed by atoms with E-state index >= 15 is 0 Å². The number of hydrazine groups is 1. The van der Waals surface area contributed by atoms with E-state index in [1.807, 2.05) is 37.3 Å². The average molecular weight is 250 g/mol. The highest BCUT2D eigenvalue weighted by molar-refractivity contribution is 6.35. The van der Waals surface area contributed by atoms with Crippen LogP contribution in [0.25, 0.3) is 10.8 Å². The standard InChI is InChI=1S/C12H12ClN3O/c1-8-5-11-9(3-2-4-12(11)13)6-10(8)7-15-16(14)17/h2-7,17H,14H2,1H3/b15-7-. The van der Waals surface area contributed by atoms with Gasteiger partial charge in [0, 0.05) is 10.4 Å². The van der Waals surface area contributed by atoms with Gasteiger partial charge in [-0.3, -0.25) is 5.21 Å². The van der Waals surface area contributed by atoms with Gasteiger partial charge in [-0.25, -0.2) is 5.84 Å². The highest BCUT2D eigenvalue weighted by Crippen LogP contribution is 2.25. The summed E-state index contributed by atoms with van der Waals surface area (Å²) in [6.07, 6.45) is 1.50. The van der Waals surface area contributed by atoms with Crippen LogP contribution in [0.5, 0.6) is 0 Å². The van der Waals surface area contributed by atoms with Crippen molar-refractivity contribution in [1.82, 2.24) is 5.28 Å². The van der Waals surface area contributed by atoms with Crippen LogP contribution in [0.3, 0.4) is 0 Å². The molecular formula is C12H12ClN3O. The van der Waals surface area contributed by atoms with Crippen LogP contribution >= 0.6 is 11.6 Å². The molecule has 0 amide bonds. The Bertz CT molecular complexity index is 581. The second kappa shape index (κ2) is 4.71. The Hall–Kier alpha value is -1.62. The van der Waals surface area contributed by atoms with Gasteiger partial charge in [-0.15, -0.1) is 10.4 Å². The van der Waals surface area contributed by atoms with Gasteiger partial charge in [0.2, 0.25) is 0 Å². The maximum absolute atomic E-state index is 8.75. The lowest BCUT2D eigenvalue weighted by Crippen LogP contribution is -2.20. The molecule has 0 saturated carbocycles. The smallest absolute Gasteiger partial charge is 0.0587 e. The first kappa shape index (κ1) is 11.9. The number of halogens is 1. The predicted octanol–water partition coefficient (Wildman–Crippen LogP) is 2.70. The maximum atomic E-state index is 8.75. The molecule has 2 rings (SSSR count). The lowest BCUT2D eigenvalue weighted by Gasteiger charge is -2.06. The molecule has 4 nitrogen and oxygen atoms in total. The van der Waals surface area contributed by atoms with Gasteiger partial charge in [-0.2, -0.15) is 0 Å². The van der Waals surface area contributed by atoms with E-state index in [-0.39, 0.29) is 5.28 Å². The third kappa shape index (κ3) is 2.55. The molecule has 0 atom stereocenters. The zero-order valence-electron chi connectivity index (χ0n) is 9.26. The molecule has 2 aromatic carbocycles. The van der Waals surface area contributed by atoms with Gasteiger partial charge in [0.25, 0.3) is 0 Å². The van der Waals surface area contributed by atoms with Gasteiger partial charge in [0.1, 0.15) is 0 Å². The van der Waals surface area contributed by atoms with Crippen LogP contribution < -0.4 is 5.84 Å². The largest absolute Gasteiger partial charge is 0.257 e. The van der Waals surface area contributed by atoms with Crippen molar-refractivity contribution in [3.63, 3.8) is 0 Å². The molecule has 2 aromatic rings. The van der Waals surface area contributed by atoms with E-state index in [0.717, 1.165) is 26.9 Å². The molecule has 0 aromatic heterocycles. The molecule has 0 heterocycles. The number of aryl methyl sites for hydroxylation is 1. The third-order valence-corrected chi connectivity index (χ3v) is 2.86. The Morgan fingerprint density at radius 2 is 2.18 bits per heavy atom. The molecular weight excluding hydrogens is 238 g/mol. The summed E-state index contributed by atoms with van der Waals surface area (Å²) in [6, 6.07) is 9.65. The quantitative estimate of drug-likeness (QED) is 0.489. The summed E-state index contributed by atoms with van der Waals surface area (Å²) >= 11 is 6.11. The van der Waals surface area contributed by atoms with Crippen molar-refractivity contribution >= 4 is 28.6 Å². The molecule has 88 valence electrons. The minimum absolute atomic E-state index is 0.279. The highest BCUT2D eigenvalue weighted by Gasteiger charge is 2.02. The van der Waals surface area contributed by atoms with Crippen molar-refractivity contribution < 1.29 is 5.21 Å². The number of fused-ring (bicyclic) bond motifs is 1. The topological polar surface area (TPSA) is 61.8 Å². The summed E-state index contributed by atoms with van der Waals surface area (Å²) in [4.78, 5) is 0. The van der Waals surface area contributed by atoms with Crippen molar-refractivity contribution in [2.24, 2.45) is 10.9 Å². The lowest BCUT2D eigenvalue weighted by atomic mass is 10.0. The zero-order chi connectivity index (χ0) is 12.4. The Kier molecular flexibility index (Phi) is 3.28. The first-order valence-electron chi connectivity index (χ1n) is 5.04. The number of hydrogen-bond acceptors (Lipinski definition) is 4. The van der Waals surface area contributed by atoms with Crippen molar-refractivity contribution in [2.45, 2.75) is 6.92 Å². The fourth-order valence-electron chi connectivity index (χ4n) is 1.67. The molecule has 17 heavy (non-hydrogen) atoms. The van der Waals surface area contributed by atoms with E-state index in [9.17, 15) is 0 Å². The van der Waals surface area contributed by atoms with Crippen molar-refractivity contribution in [3.05, 3.63) is 46.5 Å². The zero-order valence-corrected chi connectivity index (χ0v) is 10.0. The molecule has 0 fully saturated rings. The second-order valence-electron chi connectivity index (χ2n) is 3.73. The summed E-state index contributed by atoms with van der Waals surface area (Å²) in [5, 5.41) is 15.4. The summed E-state index contributed by atoms with van der Waals surface area (Å²) in [6.45, 7) is 1.95. The molecule has 3 N–H and O–H groups in total. The molecule has 0 aliphatic rings. The van der Waals surface area contributed by atoms with E-state index in [1.54, 1.807) is 0 Å². The number of hydrogen-bond donors (Lipinski definition) is 2. The molecule has 5 heteroatoms. The van der Waals surface area contributed by atoms with Crippen LogP contribution in [0.2, 0.25) is 5.02 Å². The summed E-state index contributed by atoms with van der Waals surface area (Å²) in [7, 11) is 0. The van der Waals surface area contributed by atoms with Gasteiger partial charge < -0.3 is 0 Å². The average Bonchev–Trinajstić information content (AvgIpc) is 2.28. The van der Waals surface area contributed by atoms with Crippen LogP contribution in [0.1, 0.15) is 11.1 Å².